The van der Waals surface area contributed by atoms with Crippen molar-refractivity contribution in [2.45, 2.75) is 32.6 Å². The summed E-state index contributed by atoms with van der Waals surface area (Å²) in [6, 6.07) is 15.8. The number of nitrogens with zero attached hydrogens (tertiary/aromatic N) is 1. The lowest BCUT2D eigenvalue weighted by Gasteiger charge is -2.31. The van der Waals surface area contributed by atoms with E-state index in [0.717, 1.165) is 12.5 Å². The van der Waals surface area contributed by atoms with Gasteiger partial charge in [0.25, 0.3) is 20.2 Å². The number of allylic oxidation sites excluding steroid dienone is 1. The molecule has 5 rings (SSSR count). The van der Waals surface area contributed by atoms with Gasteiger partial charge in [-0.3, -0.25) is 18.5 Å². The van der Waals surface area contributed by atoms with Gasteiger partial charge in [0.05, 0.1) is 98.4 Å². The SMILES string of the molecule is CCOC(=O)C1=C(COCCN)NC(C)=C(C(=O)OC)C1c1ccccc1Cl.COC(=O)Nc1nc2ccc(C(=O)c3cccs3)cc2[nH]1.CS(=O)(=O)OCCCCOS(C)(=O)=O. The number of unbranched alkanes of at least 4 members (excludes halogenated alkanes) is 1. The maximum atomic E-state index is 12.9. The number of anilines is 1. The number of halogens is 1. The van der Waals surface area contributed by atoms with E-state index in [2.05, 4.69) is 33.7 Å². The molecule has 4 aromatic rings. The molecule has 63 heavy (non-hydrogen) atoms. The predicted molar refractivity (Wildman–Crippen MR) is 236 cm³/mol. The number of amides is 1. The van der Waals surface area contributed by atoms with Crippen LogP contribution in [0.1, 0.15) is 53.4 Å². The third-order valence-corrected chi connectivity index (χ3v) is 10.7. The van der Waals surface area contributed by atoms with E-state index >= 15 is 0 Å². The van der Waals surface area contributed by atoms with Crippen LogP contribution in [0.2, 0.25) is 5.02 Å². The number of imidazole rings is 1. The summed E-state index contributed by atoms with van der Waals surface area (Å²) >= 11 is 7.82. The van der Waals surface area contributed by atoms with Crippen molar-refractivity contribution in [3.05, 3.63) is 104 Å². The first-order valence-electron chi connectivity index (χ1n) is 18.9. The van der Waals surface area contributed by atoms with E-state index in [0.29, 0.717) is 75.0 Å². The van der Waals surface area contributed by atoms with Crippen molar-refractivity contribution in [1.82, 2.24) is 15.3 Å². The Morgan fingerprint density at radius 3 is 2.11 bits per heavy atom. The van der Waals surface area contributed by atoms with Crippen molar-refractivity contribution in [2.24, 2.45) is 5.73 Å². The van der Waals surface area contributed by atoms with Gasteiger partial charge in [-0.1, -0.05) is 35.9 Å². The Morgan fingerprint density at radius 2 is 1.56 bits per heavy atom. The number of rotatable bonds is 18. The second-order valence-corrected chi connectivity index (χ2v) is 17.7. The molecule has 5 N–H and O–H groups in total. The van der Waals surface area contributed by atoms with Gasteiger partial charge in [-0.25, -0.2) is 19.4 Å². The number of aromatic amines is 1. The topological polar surface area (TPSA) is 271 Å². The van der Waals surface area contributed by atoms with E-state index in [1.54, 1.807) is 62.4 Å². The molecule has 0 radical (unpaired) electrons. The summed E-state index contributed by atoms with van der Waals surface area (Å²) in [5.74, 6) is -1.63. The molecule has 0 aliphatic carbocycles. The number of ether oxygens (including phenoxy) is 4. The fourth-order valence-electron chi connectivity index (χ4n) is 5.65. The van der Waals surface area contributed by atoms with Gasteiger partial charge < -0.3 is 35.0 Å². The van der Waals surface area contributed by atoms with Crippen LogP contribution in [0.5, 0.6) is 0 Å². The van der Waals surface area contributed by atoms with Crippen LogP contribution >= 0.6 is 22.9 Å². The molecule has 0 saturated carbocycles. The Kier molecular flexibility index (Phi) is 20.8. The number of hydrogen-bond acceptors (Lipinski definition) is 18. The number of methoxy groups -OCH3 is 2. The number of hydrogen-bond donors (Lipinski definition) is 4. The minimum absolute atomic E-state index is 0.0380. The summed E-state index contributed by atoms with van der Waals surface area (Å²) in [7, 11) is -4.23. The van der Waals surface area contributed by atoms with Gasteiger partial charge in [0.2, 0.25) is 11.7 Å². The number of esters is 2. The molecule has 2 aromatic carbocycles. The molecule has 344 valence electrons. The number of nitrogens with one attached hydrogen (secondary N) is 3. The summed E-state index contributed by atoms with van der Waals surface area (Å²) in [5.41, 5.74) is 9.60. The number of dihydropyridines is 1. The highest BCUT2D eigenvalue weighted by molar-refractivity contribution is 7.86. The molecule has 0 spiro atoms. The van der Waals surface area contributed by atoms with Crippen molar-refractivity contribution in [3.63, 3.8) is 0 Å². The highest BCUT2D eigenvalue weighted by Crippen LogP contribution is 2.42. The summed E-state index contributed by atoms with van der Waals surface area (Å²) in [6.07, 6.45) is 2.18. The summed E-state index contributed by atoms with van der Waals surface area (Å²) in [4.78, 5) is 56.7. The van der Waals surface area contributed by atoms with Gasteiger partial charge in [-0.05, 0) is 68.0 Å². The number of benzene rings is 2. The van der Waals surface area contributed by atoms with Crippen LogP contribution in [0.15, 0.2) is 82.5 Å². The van der Waals surface area contributed by atoms with Gasteiger partial charge in [-0.15, -0.1) is 11.3 Å². The summed E-state index contributed by atoms with van der Waals surface area (Å²) < 4.78 is 71.0. The van der Waals surface area contributed by atoms with Crippen LogP contribution < -0.4 is 16.4 Å². The van der Waals surface area contributed by atoms with E-state index in [9.17, 15) is 36.0 Å². The first kappa shape index (κ1) is 52.1. The molecule has 1 atom stereocenters. The number of carbonyl (C=O) groups excluding carboxylic acids is 4. The Morgan fingerprint density at radius 1 is 0.889 bits per heavy atom. The van der Waals surface area contributed by atoms with Gasteiger partial charge >= 0.3 is 18.0 Å². The largest absolute Gasteiger partial charge is 0.466 e. The molecule has 19 nitrogen and oxygen atoms in total. The number of thiophene rings is 1. The minimum Gasteiger partial charge on any atom is -0.466 e. The molecule has 23 heteroatoms. The lowest BCUT2D eigenvalue weighted by atomic mass is 9.80. The lowest BCUT2D eigenvalue weighted by molar-refractivity contribution is -0.139. The second-order valence-electron chi connectivity index (χ2n) is 13.1. The van der Waals surface area contributed by atoms with Crippen molar-refractivity contribution < 1.29 is 63.3 Å². The van der Waals surface area contributed by atoms with Crippen LogP contribution in [-0.2, 0) is 57.1 Å². The molecule has 1 amide bonds. The average molecular weight is 957 g/mol. The Labute approximate surface area is 374 Å². The van der Waals surface area contributed by atoms with Crippen molar-refractivity contribution >= 4 is 84.0 Å². The van der Waals surface area contributed by atoms with E-state index < -0.39 is 44.2 Å². The Bertz CT molecular complexity index is 2450. The molecular weight excluding hydrogens is 906 g/mol. The molecule has 0 saturated heterocycles. The first-order valence-corrected chi connectivity index (χ1v) is 23.8. The van der Waals surface area contributed by atoms with Crippen LogP contribution in [-0.4, -0.2) is 117 Å². The van der Waals surface area contributed by atoms with Gasteiger partial charge in [0.1, 0.15) is 0 Å². The van der Waals surface area contributed by atoms with Crippen LogP contribution in [0.3, 0.4) is 0 Å². The molecule has 1 aliphatic heterocycles. The van der Waals surface area contributed by atoms with E-state index in [4.69, 9.17) is 31.5 Å². The van der Waals surface area contributed by atoms with E-state index in [-0.39, 0.29) is 43.7 Å². The molecule has 1 aliphatic rings. The minimum atomic E-state index is -3.40. The first-order chi connectivity index (χ1) is 29.8. The fraction of sp³-hybridized carbons (Fsp3) is 0.375. The maximum absolute atomic E-state index is 12.9. The quantitative estimate of drug-likeness (QED) is 0.0335. The molecule has 0 bridgehead atoms. The van der Waals surface area contributed by atoms with Crippen LogP contribution in [0, 0.1) is 0 Å². The Balaban J connectivity index is 0.000000267. The molecule has 0 fully saturated rings. The number of ketones is 1. The van der Waals surface area contributed by atoms with Crippen molar-refractivity contribution in [2.75, 3.05) is 71.6 Å². The highest BCUT2D eigenvalue weighted by Gasteiger charge is 2.39. The number of H-pyrrole nitrogens is 1. The second kappa shape index (κ2) is 25.2. The van der Waals surface area contributed by atoms with E-state index in [1.807, 2.05) is 11.4 Å². The standard InChI is InChI=1S/C20H25ClN2O5.C14H11N3O3S.C6H14O6S2/c1-4-28-20(25)18-15(11-27-10-9-22)23-12(2)16(19(24)26-3)17(18)13-7-5-6-8-14(13)21;1-20-14(19)17-13-15-9-5-4-8(7-10(9)16-13)12(18)11-3-2-6-21-11;1-13(7,8)11-5-3-4-6-12-14(2,9)10/h5-8,17,23H,4,9-11,22H2,1-3H3;2-7H,1H3,(H2,15,16,17,19);3-6H2,1-2H3. The van der Waals surface area contributed by atoms with Crippen LogP contribution in [0.4, 0.5) is 10.7 Å². The molecule has 3 heterocycles. The normalized spacial score (nSPS) is 13.8. The van der Waals surface area contributed by atoms with Crippen molar-refractivity contribution in [1.29, 1.82) is 0 Å². The zero-order chi connectivity index (χ0) is 46.7. The number of carbonyl (C=O) groups is 4. The molecule has 2 aromatic heterocycles. The molecule has 1 unspecified atom stereocenters. The third-order valence-electron chi connectivity index (χ3n) is 8.30. The van der Waals surface area contributed by atoms with Gasteiger partial charge in [-0.2, -0.15) is 16.8 Å². The Hall–Kier alpha value is -5.20. The predicted octanol–water partition coefficient (Wildman–Crippen LogP) is 5.02. The number of fused-ring (bicyclic) bond motifs is 1. The van der Waals surface area contributed by atoms with Gasteiger partial charge in [0.15, 0.2) is 0 Å². The number of nitrogens with two attached hydrogens (primary N) is 1. The highest BCUT2D eigenvalue weighted by atomic mass is 35.5. The monoisotopic (exact) mass is 955 g/mol. The fourth-order valence-corrected chi connectivity index (χ4v) is 7.42. The third kappa shape index (κ3) is 16.8. The molecular formula is C40H50ClN5O14S3. The summed E-state index contributed by atoms with van der Waals surface area (Å²) in [5, 5.41) is 7.83. The van der Waals surface area contributed by atoms with E-state index in [1.165, 1.54) is 25.6 Å². The number of aromatic nitrogens is 2. The van der Waals surface area contributed by atoms with Crippen molar-refractivity contribution in [3.8, 4) is 0 Å². The zero-order valence-corrected chi connectivity index (χ0v) is 38.6. The average Bonchev–Trinajstić information content (AvgIpc) is 3.92. The zero-order valence-electron chi connectivity index (χ0n) is 35.4. The maximum Gasteiger partial charge on any atom is 0.413 e. The van der Waals surface area contributed by atoms with Crippen LogP contribution in [0.25, 0.3) is 11.0 Å². The van der Waals surface area contributed by atoms with Gasteiger partial charge in [0, 0.05) is 22.8 Å². The smallest absolute Gasteiger partial charge is 0.413 e. The lowest BCUT2D eigenvalue weighted by Crippen LogP contribution is -2.35. The summed E-state index contributed by atoms with van der Waals surface area (Å²) in [6.45, 7) is 4.51.